The summed E-state index contributed by atoms with van der Waals surface area (Å²) in [5.74, 6) is 1.69. The van der Waals surface area contributed by atoms with Gasteiger partial charge in [0.1, 0.15) is 5.75 Å². The van der Waals surface area contributed by atoms with Gasteiger partial charge in [0.05, 0.1) is 18.2 Å². The van der Waals surface area contributed by atoms with E-state index in [-0.39, 0.29) is 12.5 Å². The minimum atomic E-state index is -0.223. The number of carbonyl (C=O) groups is 1. The van der Waals surface area contributed by atoms with Crippen molar-refractivity contribution in [2.45, 2.75) is 26.3 Å². The lowest BCUT2D eigenvalue weighted by Crippen LogP contribution is -2.28. The van der Waals surface area contributed by atoms with Crippen LogP contribution in [0.3, 0.4) is 0 Å². The van der Waals surface area contributed by atoms with E-state index >= 15 is 0 Å². The third-order valence-electron chi connectivity index (χ3n) is 3.73. The summed E-state index contributed by atoms with van der Waals surface area (Å²) in [5, 5.41) is 3.41. The topological polar surface area (TPSA) is 56.8 Å². The highest BCUT2D eigenvalue weighted by atomic mass is 79.9. The summed E-state index contributed by atoms with van der Waals surface area (Å²) in [6, 6.07) is 10.7. The van der Waals surface area contributed by atoms with E-state index < -0.39 is 0 Å². The molecule has 2 aromatic rings. The summed E-state index contributed by atoms with van der Waals surface area (Å²) in [6.07, 6.45) is 2.06. The number of nitrogens with one attached hydrogen (secondary N) is 1. The lowest BCUT2D eigenvalue weighted by Gasteiger charge is -2.13. The molecule has 0 aromatic heterocycles. The van der Waals surface area contributed by atoms with Gasteiger partial charge in [0.2, 0.25) is 0 Å². The van der Waals surface area contributed by atoms with Gasteiger partial charge in [0.15, 0.2) is 18.1 Å². The molecule has 0 saturated carbocycles. The summed E-state index contributed by atoms with van der Waals surface area (Å²) in [7, 11) is 1.60. The molecule has 0 fully saturated rings. The van der Waals surface area contributed by atoms with Crippen LogP contribution in [0.2, 0.25) is 5.02 Å². The molecule has 0 atom stereocenters. The van der Waals surface area contributed by atoms with Gasteiger partial charge >= 0.3 is 0 Å². The van der Waals surface area contributed by atoms with Crippen LogP contribution in [0.15, 0.2) is 40.9 Å². The van der Waals surface area contributed by atoms with Gasteiger partial charge in [-0.05, 0) is 58.2 Å². The van der Waals surface area contributed by atoms with Crippen LogP contribution < -0.4 is 19.5 Å². The van der Waals surface area contributed by atoms with Gasteiger partial charge in [0, 0.05) is 11.6 Å². The molecule has 146 valence electrons. The Kier molecular flexibility index (Phi) is 8.75. The van der Waals surface area contributed by atoms with Crippen LogP contribution in [0.1, 0.15) is 25.3 Å². The Balaban J connectivity index is 1.85. The SMILES string of the molecule is CCCCOc1ccc(CNC(=O)COc2ccc(Cl)cc2Br)cc1OC. The Morgan fingerprint density at radius 1 is 1.11 bits per heavy atom. The molecule has 0 radical (unpaired) electrons. The number of amides is 1. The summed E-state index contributed by atoms with van der Waals surface area (Å²) in [6.45, 7) is 3.05. The van der Waals surface area contributed by atoms with E-state index in [4.69, 9.17) is 25.8 Å². The predicted octanol–water partition coefficient (Wildman–Crippen LogP) is 4.99. The molecule has 1 N–H and O–H groups in total. The van der Waals surface area contributed by atoms with Crippen LogP contribution in [0.5, 0.6) is 17.2 Å². The van der Waals surface area contributed by atoms with E-state index in [1.165, 1.54) is 0 Å². The van der Waals surface area contributed by atoms with Gasteiger partial charge in [0.25, 0.3) is 5.91 Å². The lowest BCUT2D eigenvalue weighted by atomic mass is 10.2. The number of methoxy groups -OCH3 is 1. The van der Waals surface area contributed by atoms with Crippen LogP contribution in [0.25, 0.3) is 0 Å². The van der Waals surface area contributed by atoms with E-state index in [9.17, 15) is 4.79 Å². The van der Waals surface area contributed by atoms with Gasteiger partial charge in [-0.1, -0.05) is 31.0 Å². The Labute approximate surface area is 173 Å². The molecule has 0 bridgehead atoms. The Morgan fingerprint density at radius 3 is 2.59 bits per heavy atom. The first kappa shape index (κ1) is 21.4. The Morgan fingerprint density at radius 2 is 1.89 bits per heavy atom. The molecule has 2 aromatic carbocycles. The number of hydrogen-bond acceptors (Lipinski definition) is 4. The van der Waals surface area contributed by atoms with Crippen molar-refractivity contribution in [2.75, 3.05) is 20.3 Å². The summed E-state index contributed by atoms with van der Waals surface area (Å²) >= 11 is 9.24. The molecular weight excluding hydrogens is 434 g/mol. The average Bonchev–Trinajstić information content (AvgIpc) is 2.66. The molecule has 0 aliphatic rings. The van der Waals surface area contributed by atoms with E-state index in [1.807, 2.05) is 18.2 Å². The third-order valence-corrected chi connectivity index (χ3v) is 4.58. The van der Waals surface area contributed by atoms with Crippen molar-refractivity contribution in [1.29, 1.82) is 0 Å². The second kappa shape index (κ2) is 11.0. The molecule has 0 aliphatic heterocycles. The largest absolute Gasteiger partial charge is 0.493 e. The second-order valence-corrected chi connectivity index (χ2v) is 7.12. The van der Waals surface area contributed by atoms with Crippen LogP contribution in [-0.4, -0.2) is 26.2 Å². The highest BCUT2D eigenvalue weighted by Crippen LogP contribution is 2.29. The van der Waals surface area contributed by atoms with Crippen molar-refractivity contribution < 1.29 is 19.0 Å². The zero-order valence-corrected chi connectivity index (χ0v) is 17.7. The second-order valence-electron chi connectivity index (χ2n) is 5.83. The maximum Gasteiger partial charge on any atom is 0.258 e. The number of carbonyl (C=O) groups excluding carboxylic acids is 1. The molecular formula is C20H23BrClNO4. The average molecular weight is 457 g/mol. The van der Waals surface area contributed by atoms with Crippen molar-refractivity contribution in [3.8, 4) is 17.2 Å². The third kappa shape index (κ3) is 6.96. The zero-order chi connectivity index (χ0) is 19.6. The molecule has 0 unspecified atom stereocenters. The van der Waals surface area contributed by atoms with Crippen LogP contribution in [0, 0.1) is 0 Å². The minimum absolute atomic E-state index is 0.0877. The van der Waals surface area contributed by atoms with Gasteiger partial charge in [-0.25, -0.2) is 0 Å². The van der Waals surface area contributed by atoms with Crippen molar-refractivity contribution in [3.63, 3.8) is 0 Å². The maximum atomic E-state index is 12.0. The number of unbranched alkanes of at least 4 members (excludes halogenated alkanes) is 1. The van der Waals surface area contributed by atoms with Crippen LogP contribution in [-0.2, 0) is 11.3 Å². The molecule has 0 aliphatic carbocycles. The van der Waals surface area contributed by atoms with Gasteiger partial charge in [-0.2, -0.15) is 0 Å². The number of halogens is 2. The highest BCUT2D eigenvalue weighted by Gasteiger charge is 2.09. The molecule has 0 spiro atoms. The van der Waals surface area contributed by atoms with E-state index in [1.54, 1.807) is 25.3 Å². The molecule has 1 amide bonds. The maximum absolute atomic E-state index is 12.0. The minimum Gasteiger partial charge on any atom is -0.493 e. The fourth-order valence-corrected chi connectivity index (χ4v) is 3.05. The normalized spacial score (nSPS) is 10.4. The highest BCUT2D eigenvalue weighted by molar-refractivity contribution is 9.10. The first-order valence-corrected chi connectivity index (χ1v) is 9.84. The fourth-order valence-electron chi connectivity index (χ4n) is 2.25. The van der Waals surface area contributed by atoms with Crippen molar-refractivity contribution >= 4 is 33.4 Å². The molecule has 27 heavy (non-hydrogen) atoms. The summed E-state index contributed by atoms with van der Waals surface area (Å²) < 4.78 is 17.3. The predicted molar refractivity (Wildman–Crippen MR) is 110 cm³/mol. The van der Waals surface area contributed by atoms with Gasteiger partial charge in [-0.3, -0.25) is 4.79 Å². The fraction of sp³-hybridized carbons (Fsp3) is 0.350. The lowest BCUT2D eigenvalue weighted by molar-refractivity contribution is -0.123. The Bertz CT molecular complexity index is 770. The number of ether oxygens (including phenoxy) is 3. The number of benzene rings is 2. The summed E-state index contributed by atoms with van der Waals surface area (Å²) in [5.41, 5.74) is 0.913. The smallest absolute Gasteiger partial charge is 0.258 e. The van der Waals surface area contributed by atoms with Crippen molar-refractivity contribution in [2.24, 2.45) is 0 Å². The standard InChI is InChI=1S/C20H23BrClNO4/c1-3-4-9-26-18-7-5-14(10-19(18)25-2)12-23-20(24)13-27-17-8-6-15(22)11-16(17)21/h5-8,10-11H,3-4,9,12-13H2,1-2H3,(H,23,24). The van der Waals surface area contributed by atoms with Gasteiger partial charge in [-0.15, -0.1) is 0 Å². The Hall–Kier alpha value is -1.92. The molecule has 0 saturated heterocycles. The van der Waals surface area contributed by atoms with E-state index in [0.29, 0.717) is 39.9 Å². The first-order valence-electron chi connectivity index (χ1n) is 8.67. The van der Waals surface area contributed by atoms with Crippen LogP contribution >= 0.6 is 27.5 Å². The quantitative estimate of drug-likeness (QED) is 0.512. The molecule has 7 heteroatoms. The van der Waals surface area contributed by atoms with E-state index in [2.05, 4.69) is 28.2 Å². The van der Waals surface area contributed by atoms with Crippen molar-refractivity contribution in [3.05, 3.63) is 51.5 Å². The van der Waals surface area contributed by atoms with E-state index in [0.717, 1.165) is 18.4 Å². The number of hydrogen-bond donors (Lipinski definition) is 1. The number of rotatable bonds is 10. The first-order chi connectivity index (χ1) is 13.0. The molecule has 0 heterocycles. The monoisotopic (exact) mass is 455 g/mol. The van der Waals surface area contributed by atoms with Crippen LogP contribution in [0.4, 0.5) is 0 Å². The molecule has 2 rings (SSSR count). The van der Waals surface area contributed by atoms with Gasteiger partial charge < -0.3 is 19.5 Å². The molecule has 5 nitrogen and oxygen atoms in total. The zero-order valence-electron chi connectivity index (χ0n) is 15.4. The summed E-state index contributed by atoms with van der Waals surface area (Å²) in [4.78, 5) is 12.0. The van der Waals surface area contributed by atoms with Crippen molar-refractivity contribution in [1.82, 2.24) is 5.32 Å².